The number of esters is 12. The first-order chi connectivity index (χ1) is 67.2. The van der Waals surface area contributed by atoms with Gasteiger partial charge < -0.3 is 86.0 Å². The zero-order valence-corrected chi connectivity index (χ0v) is 84.7. The molecule has 6 unspecified atom stereocenters. The van der Waals surface area contributed by atoms with Gasteiger partial charge in [0.1, 0.15) is 13.2 Å². The molecule has 0 heterocycles. The number of benzene rings is 6. The van der Waals surface area contributed by atoms with Crippen LogP contribution in [0.5, 0.6) is 0 Å². The van der Waals surface area contributed by atoms with Crippen LogP contribution in [0, 0.1) is 25.7 Å². The first-order valence-corrected chi connectivity index (χ1v) is 48.8. The summed E-state index contributed by atoms with van der Waals surface area (Å²) in [6.07, 6.45) is 20.9. The Morgan fingerprint density at radius 1 is 0.236 bits per heavy atom. The second-order valence-corrected chi connectivity index (χ2v) is 34.1. The van der Waals surface area contributed by atoms with Crippen LogP contribution in [0.1, 0.15) is 326 Å². The summed E-state index contributed by atoms with van der Waals surface area (Å²) >= 11 is 0. The van der Waals surface area contributed by atoms with Crippen molar-refractivity contribution in [1.29, 1.82) is 0 Å². The highest BCUT2D eigenvalue weighted by molar-refractivity contribution is 5.96. The van der Waals surface area contributed by atoms with Crippen molar-refractivity contribution >= 4 is 71.6 Å². The number of hydrogen-bond acceptors (Lipinski definition) is 30. The molecule has 0 saturated carbocycles. The number of aliphatic hydroxyl groups excluding tert-OH is 2. The van der Waals surface area contributed by atoms with Crippen LogP contribution in [-0.4, -0.2) is 225 Å². The van der Waals surface area contributed by atoms with Crippen molar-refractivity contribution in [1.82, 2.24) is 0 Å². The van der Waals surface area contributed by atoms with Crippen LogP contribution in [0.15, 0.2) is 169 Å². The molecule has 772 valence electrons. The molecule has 0 amide bonds. The Morgan fingerprint density at radius 3 is 0.636 bits per heavy atom. The van der Waals surface area contributed by atoms with E-state index in [2.05, 4.69) is 26.0 Å². The van der Waals surface area contributed by atoms with Crippen LogP contribution < -0.4 is 0 Å². The van der Waals surface area contributed by atoms with E-state index in [1.165, 1.54) is 73.5 Å². The van der Waals surface area contributed by atoms with Crippen LogP contribution in [0.25, 0.3) is 0 Å². The van der Waals surface area contributed by atoms with Gasteiger partial charge in [-0.25, -0.2) is 47.9 Å². The van der Waals surface area contributed by atoms with Gasteiger partial charge in [0.15, 0.2) is 0 Å². The molecule has 0 saturated heterocycles. The molecule has 6 aromatic carbocycles. The van der Waals surface area contributed by atoms with Crippen LogP contribution in [0.4, 0.5) is 0 Å². The maximum atomic E-state index is 12.2. The van der Waals surface area contributed by atoms with Crippen LogP contribution in [0.3, 0.4) is 0 Å². The van der Waals surface area contributed by atoms with Gasteiger partial charge in [-0.05, 0) is 278 Å². The second kappa shape index (κ2) is 75.1. The van der Waals surface area contributed by atoms with Crippen molar-refractivity contribution in [2.24, 2.45) is 11.8 Å². The smallest absolute Gasteiger partial charge is 0.338 e. The van der Waals surface area contributed by atoms with Gasteiger partial charge in [-0.2, -0.15) is 0 Å². The Morgan fingerprint density at radius 2 is 0.421 bits per heavy atom. The summed E-state index contributed by atoms with van der Waals surface area (Å²) in [4.78, 5) is 141. The molecule has 140 heavy (non-hydrogen) atoms. The average Bonchev–Trinajstić information content (AvgIpc) is 0.880. The largest absolute Gasteiger partial charge is 0.466 e. The summed E-state index contributed by atoms with van der Waals surface area (Å²) in [5.41, 5.74) is 8.71. The van der Waals surface area contributed by atoms with Gasteiger partial charge in [0.2, 0.25) is 0 Å². The zero-order chi connectivity index (χ0) is 103. The molecule has 2 N–H and O–H groups in total. The lowest BCUT2D eigenvalue weighted by molar-refractivity contribution is -0.142. The third-order valence-corrected chi connectivity index (χ3v) is 21.2. The molecule has 0 radical (unpaired) electrons. The molecule has 0 aliphatic heterocycles. The van der Waals surface area contributed by atoms with Gasteiger partial charge in [-0.15, -0.1) is 0 Å². The number of carbonyl (C=O) groups excluding carboxylic acids is 12. The molecule has 0 spiro atoms. The van der Waals surface area contributed by atoms with Crippen molar-refractivity contribution < 1.29 is 144 Å². The highest BCUT2D eigenvalue weighted by Crippen LogP contribution is 2.23. The SMILES string of the molecule is CCCOC(=O)c1ccc(C(=O)OCCC/C(C)=C\C=C(\C)CCCOC(C)=O)cc1.CCCOC(=O)c1ccc(C(=O)OCCCOC(C)CCC(C)OCCCOC(C)=O)cc1.Cc1ccc(C(=O)OCCCC(C)CCC(C)CCCOC(=O)c2ccc(C(=O)OCCO)cc2)cc1.Cc1ccc(C(=O)OCCCOC(C)CCC(C)OCCCOC(=O)c2ccc(C(=O)OCCO)cc2)cc1. The van der Waals surface area contributed by atoms with Crippen molar-refractivity contribution in [2.45, 2.75) is 250 Å². The van der Waals surface area contributed by atoms with Gasteiger partial charge in [-0.3, -0.25) is 9.59 Å². The Labute approximate surface area is 827 Å². The highest BCUT2D eigenvalue weighted by atomic mass is 16.6. The van der Waals surface area contributed by atoms with Gasteiger partial charge in [0.25, 0.3) is 0 Å². The van der Waals surface area contributed by atoms with Crippen LogP contribution >= 0.6 is 0 Å². The van der Waals surface area contributed by atoms with E-state index in [4.69, 9.17) is 86.0 Å². The molecule has 0 fully saturated rings. The standard InChI is InChI=1S/C30H40O9.C30H40O7.C25H38O8.C25H34O6/c1-22-6-10-25(11-7-22)28(32)37-19-4-17-35-23(2)8-9-24(3)36-18-5-20-38-29(33)26-12-14-27(15-13-26)30(34)39-21-16-31;1-22(6-4-19-35-28(32)25-12-10-24(3)11-13-25)8-9-23(2)7-5-20-36-29(33)26-14-16-27(17-15-26)30(34)37-21-18-31;1-5-14-32-24(27)22-10-12-23(13-11-22)25(28)33-18-7-16-30-20(3)9-8-19(2)29-15-6-17-31-21(4)26;1-5-16-30-24(27)22-12-14-23(15-13-22)25(28)31-18-7-9-20(3)11-10-19(2)8-6-17-29-21(4)26/h6-7,10-15,23-24,31H,4-5,8-9,16-21H2,1-3H3;10-17,22-23,31H,4-9,18-21H2,1-3H3;10-13,19-20H,5-9,14-18H2,1-4H3;10-15H,5-9,16-18H2,1-4H3/b;;;19-10-,20-11-. The predicted molar refractivity (Wildman–Crippen MR) is 530 cm³/mol. The van der Waals surface area contributed by atoms with Crippen molar-refractivity contribution in [3.8, 4) is 0 Å². The zero-order valence-electron chi connectivity index (χ0n) is 84.7. The molecule has 0 bridgehead atoms. The maximum absolute atomic E-state index is 12.2. The molecule has 0 aliphatic rings. The number of aryl methyl sites for hydroxylation is 2. The lowest BCUT2D eigenvalue weighted by Gasteiger charge is -2.17. The normalized spacial score (nSPS) is 12.3. The quantitative estimate of drug-likeness (QED) is 0.0155. The van der Waals surface area contributed by atoms with Gasteiger partial charge in [0, 0.05) is 39.5 Å². The Hall–Kier alpha value is -11.8. The third kappa shape index (κ3) is 58.3. The van der Waals surface area contributed by atoms with E-state index in [9.17, 15) is 57.5 Å². The first-order valence-electron chi connectivity index (χ1n) is 48.8. The van der Waals surface area contributed by atoms with Crippen molar-refractivity contribution in [3.63, 3.8) is 0 Å². The average molecular weight is 1950 g/mol. The van der Waals surface area contributed by atoms with E-state index in [-0.39, 0.29) is 87.9 Å². The molecule has 0 aliphatic carbocycles. The lowest BCUT2D eigenvalue weighted by atomic mass is 9.92. The molecular weight excluding hydrogens is 1800 g/mol. The fourth-order valence-electron chi connectivity index (χ4n) is 12.8. The number of rotatable bonds is 64. The van der Waals surface area contributed by atoms with E-state index < -0.39 is 47.8 Å². The Balaban J connectivity index is 0.000000482. The minimum Gasteiger partial charge on any atom is -0.466 e. The number of aliphatic hydroxyl groups is 2. The fraction of sp³-hybridized carbons (Fsp3) is 0.527. The summed E-state index contributed by atoms with van der Waals surface area (Å²) in [7, 11) is 0. The number of hydrogen-bond donors (Lipinski definition) is 2. The van der Waals surface area contributed by atoms with E-state index >= 15 is 0 Å². The number of allylic oxidation sites excluding steroid dienone is 4. The van der Waals surface area contributed by atoms with Crippen LogP contribution in [-0.2, 0) is 85.4 Å². The summed E-state index contributed by atoms with van der Waals surface area (Å²) in [6, 6.07) is 39.3. The Bertz CT molecular complexity index is 4600. The summed E-state index contributed by atoms with van der Waals surface area (Å²) in [5, 5.41) is 17.4. The van der Waals surface area contributed by atoms with Gasteiger partial charge in [0.05, 0.1) is 186 Å². The highest BCUT2D eigenvalue weighted by Gasteiger charge is 2.20. The maximum Gasteiger partial charge on any atom is 0.338 e. The topological polar surface area (TPSA) is 393 Å². The second-order valence-electron chi connectivity index (χ2n) is 34.1. The molecule has 6 atom stereocenters. The first kappa shape index (κ1) is 122. The molecule has 0 aromatic heterocycles. The monoisotopic (exact) mass is 1950 g/mol. The van der Waals surface area contributed by atoms with E-state index in [0.29, 0.717) is 172 Å². The third-order valence-electron chi connectivity index (χ3n) is 21.2. The van der Waals surface area contributed by atoms with Crippen LogP contribution in [0.2, 0.25) is 0 Å². The molecular formula is C110H152O30. The minimum atomic E-state index is -0.562. The molecule has 30 nitrogen and oxygen atoms in total. The Kier molecular flexibility index (Phi) is 65.7. The lowest BCUT2D eigenvalue weighted by Crippen LogP contribution is -2.17. The summed E-state index contributed by atoms with van der Waals surface area (Å²) in [5.74, 6) is -3.65. The van der Waals surface area contributed by atoms with E-state index in [0.717, 1.165) is 114 Å². The molecule has 6 aromatic rings. The number of carbonyl (C=O) groups is 12. The predicted octanol–water partition coefficient (Wildman–Crippen LogP) is 20.1. The van der Waals surface area contributed by atoms with E-state index in [1.807, 2.05) is 93.5 Å². The number of ether oxygens (including phenoxy) is 16. The fourth-order valence-corrected chi connectivity index (χ4v) is 12.8. The molecule has 6 rings (SSSR count). The van der Waals surface area contributed by atoms with Gasteiger partial charge in [-0.1, -0.05) is 99.2 Å². The minimum absolute atomic E-state index is 0.0420. The van der Waals surface area contributed by atoms with Crippen molar-refractivity contribution in [2.75, 3.05) is 119 Å². The summed E-state index contributed by atoms with van der Waals surface area (Å²) < 4.78 is 84.5. The molecule has 30 heteroatoms. The van der Waals surface area contributed by atoms with E-state index in [1.54, 1.807) is 72.8 Å². The van der Waals surface area contributed by atoms with Gasteiger partial charge >= 0.3 is 71.6 Å². The summed E-state index contributed by atoms with van der Waals surface area (Å²) in [6.45, 7) is 32.1. The van der Waals surface area contributed by atoms with Crippen molar-refractivity contribution in [3.05, 3.63) is 236 Å².